The Labute approximate surface area is 123 Å². The average Bonchev–Trinajstić information content (AvgIpc) is 2.93. The number of amides is 1. The molecule has 0 bridgehead atoms. The molecule has 0 aliphatic carbocycles. The molecule has 2 aliphatic rings. The van der Waals surface area contributed by atoms with Gasteiger partial charge >= 0.3 is 5.97 Å². The monoisotopic (exact) mass is 288 g/mol. The van der Waals surface area contributed by atoms with Gasteiger partial charge in [0.15, 0.2) is 0 Å². The van der Waals surface area contributed by atoms with E-state index < -0.39 is 11.4 Å². The first-order valence-electron chi connectivity index (χ1n) is 7.35. The zero-order valence-electron chi connectivity index (χ0n) is 12.2. The van der Waals surface area contributed by atoms with Crippen molar-refractivity contribution in [2.45, 2.75) is 32.9 Å². The van der Waals surface area contributed by atoms with Crippen LogP contribution in [0.2, 0.25) is 0 Å². The summed E-state index contributed by atoms with van der Waals surface area (Å²) in [5, 5.41) is 12.6. The number of likely N-dealkylation sites (tertiary alicyclic amines) is 1. The highest BCUT2D eigenvalue weighted by Crippen LogP contribution is 2.30. The first-order chi connectivity index (χ1) is 9.99. The summed E-state index contributed by atoms with van der Waals surface area (Å²) < 4.78 is 0. The molecule has 2 aliphatic heterocycles. The Kier molecular flexibility index (Phi) is 3.45. The highest BCUT2D eigenvalue weighted by Gasteiger charge is 2.39. The van der Waals surface area contributed by atoms with Gasteiger partial charge in [-0.3, -0.25) is 9.59 Å². The molecule has 1 aromatic carbocycles. The molecule has 0 aromatic heterocycles. The van der Waals surface area contributed by atoms with Gasteiger partial charge in [-0.05, 0) is 43.0 Å². The molecule has 21 heavy (non-hydrogen) atoms. The van der Waals surface area contributed by atoms with Crippen LogP contribution in [0, 0.1) is 5.41 Å². The number of hydrogen-bond donors (Lipinski definition) is 2. The van der Waals surface area contributed by atoms with Crippen molar-refractivity contribution in [3.05, 3.63) is 34.9 Å². The lowest BCUT2D eigenvalue weighted by Gasteiger charge is -2.37. The summed E-state index contributed by atoms with van der Waals surface area (Å²) in [5.74, 6) is -0.880. The maximum atomic E-state index is 12.6. The van der Waals surface area contributed by atoms with Crippen LogP contribution in [-0.2, 0) is 17.9 Å². The summed E-state index contributed by atoms with van der Waals surface area (Å²) in [6.07, 6.45) is 1.36. The van der Waals surface area contributed by atoms with Crippen molar-refractivity contribution in [3.8, 4) is 0 Å². The molecule has 1 unspecified atom stereocenters. The Morgan fingerprint density at radius 2 is 2.05 bits per heavy atom. The van der Waals surface area contributed by atoms with Gasteiger partial charge in [-0.1, -0.05) is 6.07 Å². The van der Waals surface area contributed by atoms with E-state index >= 15 is 0 Å². The second-order valence-corrected chi connectivity index (χ2v) is 6.28. The largest absolute Gasteiger partial charge is 0.481 e. The van der Waals surface area contributed by atoms with Gasteiger partial charge in [-0.15, -0.1) is 0 Å². The van der Waals surface area contributed by atoms with E-state index in [4.69, 9.17) is 0 Å². The fourth-order valence-electron chi connectivity index (χ4n) is 3.20. The van der Waals surface area contributed by atoms with E-state index in [0.29, 0.717) is 18.5 Å². The summed E-state index contributed by atoms with van der Waals surface area (Å²) in [7, 11) is 0. The third kappa shape index (κ3) is 2.53. The first kappa shape index (κ1) is 14.1. The van der Waals surface area contributed by atoms with E-state index in [1.807, 2.05) is 18.2 Å². The van der Waals surface area contributed by atoms with Crippen LogP contribution in [0.15, 0.2) is 18.2 Å². The number of nitrogens with one attached hydrogen (secondary N) is 1. The van der Waals surface area contributed by atoms with Crippen LogP contribution >= 0.6 is 0 Å². The van der Waals surface area contributed by atoms with Crippen molar-refractivity contribution in [1.82, 2.24) is 10.2 Å². The molecule has 2 heterocycles. The summed E-state index contributed by atoms with van der Waals surface area (Å²) in [6, 6.07) is 5.77. The second-order valence-electron chi connectivity index (χ2n) is 6.28. The molecular formula is C16H20N2O3. The lowest BCUT2D eigenvalue weighted by molar-refractivity contribution is -0.150. The first-order valence-corrected chi connectivity index (χ1v) is 7.35. The molecule has 1 aromatic rings. The molecule has 0 spiro atoms. The molecule has 1 fully saturated rings. The lowest BCUT2D eigenvalue weighted by atomic mass is 9.82. The topological polar surface area (TPSA) is 69.6 Å². The van der Waals surface area contributed by atoms with E-state index in [1.54, 1.807) is 11.8 Å². The van der Waals surface area contributed by atoms with Crippen molar-refractivity contribution >= 4 is 11.9 Å². The van der Waals surface area contributed by atoms with Crippen LogP contribution < -0.4 is 5.32 Å². The van der Waals surface area contributed by atoms with Crippen molar-refractivity contribution < 1.29 is 14.7 Å². The zero-order chi connectivity index (χ0) is 15.0. The number of fused-ring (bicyclic) bond motifs is 1. The summed E-state index contributed by atoms with van der Waals surface area (Å²) in [5.41, 5.74) is 2.23. The summed E-state index contributed by atoms with van der Waals surface area (Å²) >= 11 is 0. The van der Waals surface area contributed by atoms with Gasteiger partial charge in [-0.25, -0.2) is 0 Å². The normalized spacial score (nSPS) is 24.7. The fourth-order valence-corrected chi connectivity index (χ4v) is 3.20. The Balaban J connectivity index is 1.80. The van der Waals surface area contributed by atoms with Crippen molar-refractivity contribution in [2.24, 2.45) is 5.41 Å². The molecule has 1 amide bonds. The van der Waals surface area contributed by atoms with Crippen molar-refractivity contribution in [2.75, 3.05) is 13.1 Å². The number of carboxylic acids is 1. The molecule has 1 saturated heterocycles. The number of hydrogen-bond acceptors (Lipinski definition) is 3. The van der Waals surface area contributed by atoms with E-state index in [0.717, 1.165) is 19.5 Å². The fraction of sp³-hybridized carbons (Fsp3) is 0.500. The molecule has 112 valence electrons. The minimum absolute atomic E-state index is 0.0584. The lowest BCUT2D eigenvalue weighted by Crippen LogP contribution is -2.48. The maximum absolute atomic E-state index is 12.6. The van der Waals surface area contributed by atoms with Crippen molar-refractivity contribution in [1.29, 1.82) is 0 Å². The number of rotatable bonds is 2. The minimum Gasteiger partial charge on any atom is -0.481 e. The van der Waals surface area contributed by atoms with Crippen LogP contribution in [0.3, 0.4) is 0 Å². The SMILES string of the molecule is CC1(C(=O)O)CCCN(C(=O)c2ccc3c(c2)CNC3)C1. The quantitative estimate of drug-likeness (QED) is 0.867. The molecule has 5 heteroatoms. The third-order valence-corrected chi connectivity index (χ3v) is 4.58. The number of piperidine rings is 1. The number of carboxylic acid groups (broad SMARTS) is 1. The molecule has 5 nitrogen and oxygen atoms in total. The predicted octanol–water partition coefficient (Wildman–Crippen LogP) is 1.62. The van der Waals surface area contributed by atoms with Gasteiger partial charge in [0.2, 0.25) is 0 Å². The van der Waals surface area contributed by atoms with Crippen LogP contribution in [0.1, 0.15) is 41.3 Å². The second kappa shape index (κ2) is 5.15. The van der Waals surface area contributed by atoms with E-state index in [2.05, 4.69) is 5.32 Å². The standard InChI is InChI=1S/C16H20N2O3/c1-16(15(20)21)5-2-6-18(10-16)14(19)11-3-4-12-8-17-9-13(12)7-11/h3-4,7,17H,2,5-6,8-10H2,1H3,(H,20,21). The summed E-state index contributed by atoms with van der Waals surface area (Å²) in [4.78, 5) is 25.7. The van der Waals surface area contributed by atoms with Gasteiger partial charge in [-0.2, -0.15) is 0 Å². The van der Waals surface area contributed by atoms with Crippen molar-refractivity contribution in [3.63, 3.8) is 0 Å². The molecule has 1 atom stereocenters. The molecule has 3 rings (SSSR count). The van der Waals surface area contributed by atoms with Crippen LogP contribution in [0.4, 0.5) is 0 Å². The Hall–Kier alpha value is -1.88. The smallest absolute Gasteiger partial charge is 0.311 e. The number of nitrogens with zero attached hydrogens (tertiary/aromatic N) is 1. The van der Waals surface area contributed by atoms with E-state index in [-0.39, 0.29) is 12.5 Å². The van der Waals surface area contributed by atoms with Crippen LogP contribution in [0.25, 0.3) is 0 Å². The number of aliphatic carboxylic acids is 1. The zero-order valence-corrected chi connectivity index (χ0v) is 12.2. The Morgan fingerprint density at radius 3 is 2.81 bits per heavy atom. The van der Waals surface area contributed by atoms with E-state index in [1.165, 1.54) is 11.1 Å². The van der Waals surface area contributed by atoms with E-state index in [9.17, 15) is 14.7 Å². The molecule has 2 N–H and O–H groups in total. The van der Waals surface area contributed by atoms with Crippen LogP contribution in [0.5, 0.6) is 0 Å². The number of benzene rings is 1. The minimum atomic E-state index is -0.827. The maximum Gasteiger partial charge on any atom is 0.311 e. The average molecular weight is 288 g/mol. The van der Waals surface area contributed by atoms with Gasteiger partial charge < -0.3 is 15.3 Å². The van der Waals surface area contributed by atoms with Crippen LogP contribution in [-0.4, -0.2) is 35.0 Å². The molecular weight excluding hydrogens is 268 g/mol. The van der Waals surface area contributed by atoms with Gasteiger partial charge in [0, 0.05) is 31.7 Å². The van der Waals surface area contributed by atoms with Gasteiger partial charge in [0.1, 0.15) is 0 Å². The number of carbonyl (C=O) groups excluding carboxylic acids is 1. The molecule has 0 radical (unpaired) electrons. The highest BCUT2D eigenvalue weighted by atomic mass is 16.4. The summed E-state index contributed by atoms with van der Waals surface area (Å²) in [6.45, 7) is 4.29. The van der Waals surface area contributed by atoms with Gasteiger partial charge in [0.05, 0.1) is 5.41 Å². The Bertz CT molecular complexity index is 599. The molecule has 0 saturated carbocycles. The predicted molar refractivity (Wildman–Crippen MR) is 77.9 cm³/mol. The Morgan fingerprint density at radius 1 is 1.29 bits per heavy atom. The van der Waals surface area contributed by atoms with Gasteiger partial charge in [0.25, 0.3) is 5.91 Å². The third-order valence-electron chi connectivity index (χ3n) is 4.58. The highest BCUT2D eigenvalue weighted by molar-refractivity contribution is 5.95. The number of carbonyl (C=O) groups is 2.